The maximum absolute atomic E-state index is 12.4. The van der Waals surface area contributed by atoms with Crippen molar-refractivity contribution in [2.75, 3.05) is 0 Å². The first-order valence-electron chi connectivity index (χ1n) is 7.41. The summed E-state index contributed by atoms with van der Waals surface area (Å²) in [6.45, 7) is 3.65. The fourth-order valence-electron chi connectivity index (χ4n) is 2.40. The lowest BCUT2D eigenvalue weighted by Gasteiger charge is -2.02. The molecule has 0 aliphatic rings. The molecule has 0 aliphatic heterocycles. The molecule has 3 aromatic rings. The van der Waals surface area contributed by atoms with Gasteiger partial charge >= 0.3 is 5.97 Å². The Bertz CT molecular complexity index is 997. The van der Waals surface area contributed by atoms with E-state index in [1.807, 2.05) is 44.2 Å². The van der Waals surface area contributed by atoms with Gasteiger partial charge in [-0.15, -0.1) is 0 Å². The van der Waals surface area contributed by atoms with Gasteiger partial charge in [0, 0.05) is 5.56 Å². The molecule has 2 aromatic carbocycles. The van der Waals surface area contributed by atoms with Gasteiger partial charge in [-0.3, -0.25) is 9.59 Å². The predicted octanol–water partition coefficient (Wildman–Crippen LogP) is 3.15. The van der Waals surface area contributed by atoms with E-state index < -0.39 is 5.97 Å². The molecule has 1 aromatic heterocycles. The van der Waals surface area contributed by atoms with E-state index in [2.05, 4.69) is 4.99 Å². The van der Waals surface area contributed by atoms with Gasteiger partial charge in [0.15, 0.2) is 4.80 Å². The third-order valence-electron chi connectivity index (χ3n) is 3.63. The largest absolute Gasteiger partial charge is 0.480 e. The summed E-state index contributed by atoms with van der Waals surface area (Å²) in [5.74, 6) is -1.35. The summed E-state index contributed by atoms with van der Waals surface area (Å²) < 4.78 is 2.47. The molecule has 0 radical (unpaired) electrons. The molecule has 0 atom stereocenters. The van der Waals surface area contributed by atoms with Gasteiger partial charge in [-0.2, -0.15) is 4.99 Å². The van der Waals surface area contributed by atoms with Gasteiger partial charge in [0.25, 0.3) is 5.91 Å². The number of aryl methyl sites for hydroxylation is 2. The third-order valence-corrected chi connectivity index (χ3v) is 4.69. The standard InChI is InChI=1S/C18H16N2O3S/c1-11-3-6-13(7-4-11)17(23)19-18-20(10-16(21)22)14-9-12(2)5-8-15(14)24-18/h3-9H,10H2,1-2H3,(H,21,22). The zero-order chi connectivity index (χ0) is 17.3. The minimum absolute atomic E-state index is 0.233. The van der Waals surface area contributed by atoms with Gasteiger partial charge in [-0.05, 0) is 43.7 Å². The van der Waals surface area contributed by atoms with E-state index >= 15 is 0 Å². The quantitative estimate of drug-likeness (QED) is 0.796. The lowest BCUT2D eigenvalue weighted by atomic mass is 10.1. The number of carbonyl (C=O) groups is 2. The van der Waals surface area contributed by atoms with E-state index in [1.165, 1.54) is 11.3 Å². The maximum atomic E-state index is 12.4. The molecular formula is C18H16N2O3S. The number of carbonyl (C=O) groups excluding carboxylic acids is 1. The van der Waals surface area contributed by atoms with Gasteiger partial charge in [0.1, 0.15) is 6.54 Å². The lowest BCUT2D eigenvalue weighted by Crippen LogP contribution is -2.21. The fraction of sp³-hybridized carbons (Fsp3) is 0.167. The molecule has 1 amide bonds. The van der Waals surface area contributed by atoms with Crippen LogP contribution < -0.4 is 4.80 Å². The Kier molecular flexibility index (Phi) is 4.31. The Morgan fingerprint density at radius 1 is 1.08 bits per heavy atom. The molecule has 0 fully saturated rings. The van der Waals surface area contributed by atoms with E-state index in [1.54, 1.807) is 16.7 Å². The number of carboxylic acids is 1. The van der Waals surface area contributed by atoms with Crippen molar-refractivity contribution < 1.29 is 14.7 Å². The van der Waals surface area contributed by atoms with Gasteiger partial charge in [0.05, 0.1) is 10.2 Å². The average molecular weight is 340 g/mol. The second-order valence-electron chi connectivity index (χ2n) is 5.62. The third kappa shape index (κ3) is 3.28. The van der Waals surface area contributed by atoms with Gasteiger partial charge in [-0.25, -0.2) is 0 Å². The monoisotopic (exact) mass is 340 g/mol. The molecule has 0 saturated carbocycles. The number of amides is 1. The molecule has 0 aliphatic carbocycles. The topological polar surface area (TPSA) is 71.7 Å². The number of nitrogens with zero attached hydrogens (tertiary/aromatic N) is 2. The molecule has 6 heteroatoms. The number of hydrogen-bond donors (Lipinski definition) is 1. The minimum Gasteiger partial charge on any atom is -0.480 e. The molecule has 122 valence electrons. The first-order chi connectivity index (χ1) is 11.4. The highest BCUT2D eigenvalue weighted by molar-refractivity contribution is 7.16. The van der Waals surface area contributed by atoms with Crippen molar-refractivity contribution >= 4 is 33.4 Å². The van der Waals surface area contributed by atoms with Crippen LogP contribution in [0.3, 0.4) is 0 Å². The Labute approximate surface area is 142 Å². The second kappa shape index (κ2) is 6.41. The highest BCUT2D eigenvalue weighted by Gasteiger charge is 2.11. The molecule has 24 heavy (non-hydrogen) atoms. The molecule has 0 saturated heterocycles. The lowest BCUT2D eigenvalue weighted by molar-refractivity contribution is -0.137. The summed E-state index contributed by atoms with van der Waals surface area (Å²) in [7, 11) is 0. The summed E-state index contributed by atoms with van der Waals surface area (Å²) in [5.41, 5.74) is 3.34. The number of rotatable bonds is 3. The van der Waals surface area contributed by atoms with Crippen molar-refractivity contribution in [3.63, 3.8) is 0 Å². The van der Waals surface area contributed by atoms with Crippen molar-refractivity contribution in [3.8, 4) is 0 Å². The number of carboxylic acid groups (broad SMARTS) is 1. The van der Waals surface area contributed by atoms with Crippen LogP contribution in [0, 0.1) is 13.8 Å². The van der Waals surface area contributed by atoms with Crippen LogP contribution in [0.25, 0.3) is 10.2 Å². The van der Waals surface area contributed by atoms with Crippen LogP contribution in [-0.2, 0) is 11.3 Å². The van der Waals surface area contributed by atoms with Crippen LogP contribution in [0.4, 0.5) is 0 Å². The Morgan fingerprint density at radius 3 is 2.42 bits per heavy atom. The Morgan fingerprint density at radius 2 is 1.75 bits per heavy atom. The zero-order valence-corrected chi connectivity index (χ0v) is 14.1. The van der Waals surface area contributed by atoms with E-state index in [-0.39, 0.29) is 12.5 Å². The van der Waals surface area contributed by atoms with Crippen LogP contribution in [-0.4, -0.2) is 21.6 Å². The summed E-state index contributed by atoms with van der Waals surface area (Å²) in [4.78, 5) is 28.1. The molecule has 5 nitrogen and oxygen atoms in total. The van der Waals surface area contributed by atoms with E-state index in [9.17, 15) is 14.7 Å². The van der Waals surface area contributed by atoms with Crippen LogP contribution in [0.5, 0.6) is 0 Å². The van der Waals surface area contributed by atoms with Crippen molar-refractivity contribution in [1.29, 1.82) is 0 Å². The predicted molar refractivity (Wildman–Crippen MR) is 93.3 cm³/mol. The molecule has 1 N–H and O–H groups in total. The summed E-state index contributed by atoms with van der Waals surface area (Å²) in [6.07, 6.45) is 0. The molecule has 0 bridgehead atoms. The maximum Gasteiger partial charge on any atom is 0.323 e. The van der Waals surface area contributed by atoms with Crippen molar-refractivity contribution in [2.24, 2.45) is 4.99 Å². The molecule has 0 spiro atoms. The van der Waals surface area contributed by atoms with Crippen LogP contribution in [0.15, 0.2) is 47.5 Å². The zero-order valence-electron chi connectivity index (χ0n) is 13.3. The highest BCUT2D eigenvalue weighted by Crippen LogP contribution is 2.19. The summed E-state index contributed by atoms with van der Waals surface area (Å²) in [5, 5.41) is 9.18. The Balaban J connectivity index is 2.15. The van der Waals surface area contributed by atoms with E-state index in [0.29, 0.717) is 10.4 Å². The SMILES string of the molecule is Cc1ccc(C(=O)N=c2sc3ccc(C)cc3n2CC(=O)O)cc1. The smallest absolute Gasteiger partial charge is 0.323 e. The number of aliphatic carboxylic acids is 1. The van der Waals surface area contributed by atoms with Crippen LogP contribution in [0.2, 0.25) is 0 Å². The van der Waals surface area contributed by atoms with Crippen LogP contribution >= 0.6 is 11.3 Å². The van der Waals surface area contributed by atoms with Crippen molar-refractivity contribution in [2.45, 2.75) is 20.4 Å². The highest BCUT2D eigenvalue weighted by atomic mass is 32.1. The first-order valence-corrected chi connectivity index (χ1v) is 8.23. The minimum atomic E-state index is -0.972. The van der Waals surface area contributed by atoms with Gasteiger partial charge in [0.2, 0.25) is 0 Å². The number of fused-ring (bicyclic) bond motifs is 1. The summed E-state index contributed by atoms with van der Waals surface area (Å²) >= 11 is 1.31. The van der Waals surface area contributed by atoms with Gasteiger partial charge < -0.3 is 9.67 Å². The molecule has 0 unspecified atom stereocenters. The number of thiazole rings is 1. The first kappa shape index (κ1) is 16.1. The molecule has 1 heterocycles. The second-order valence-corrected chi connectivity index (χ2v) is 6.63. The molecular weight excluding hydrogens is 324 g/mol. The van der Waals surface area contributed by atoms with Crippen molar-refractivity contribution in [1.82, 2.24) is 4.57 Å². The van der Waals surface area contributed by atoms with Gasteiger partial charge in [-0.1, -0.05) is 35.1 Å². The Hall–Kier alpha value is -2.73. The van der Waals surface area contributed by atoms with Crippen molar-refractivity contribution in [3.05, 3.63) is 64.0 Å². The number of hydrogen-bond acceptors (Lipinski definition) is 3. The number of aromatic nitrogens is 1. The summed E-state index contributed by atoms with van der Waals surface area (Å²) in [6, 6.07) is 12.9. The normalized spacial score (nSPS) is 11.8. The van der Waals surface area contributed by atoms with E-state index in [0.717, 1.165) is 21.3 Å². The average Bonchev–Trinajstić information content (AvgIpc) is 2.84. The van der Waals surface area contributed by atoms with E-state index in [4.69, 9.17) is 0 Å². The van der Waals surface area contributed by atoms with Crippen LogP contribution in [0.1, 0.15) is 21.5 Å². The molecule has 3 rings (SSSR count). The number of benzene rings is 2. The fourth-order valence-corrected chi connectivity index (χ4v) is 3.41.